The van der Waals surface area contributed by atoms with Crippen LogP contribution in [0.25, 0.3) is 0 Å². The van der Waals surface area contributed by atoms with Crippen LogP contribution in [-0.4, -0.2) is 26.6 Å². The van der Waals surface area contributed by atoms with Gasteiger partial charge >= 0.3 is 0 Å². The van der Waals surface area contributed by atoms with E-state index in [0.29, 0.717) is 19.3 Å². The predicted octanol–water partition coefficient (Wildman–Crippen LogP) is 7.31. The molecule has 180 valence electrons. The lowest BCUT2D eigenvalue weighted by Crippen LogP contribution is -2.39. The second-order valence-electron chi connectivity index (χ2n) is 7.92. The van der Waals surface area contributed by atoms with Crippen molar-refractivity contribution >= 4 is 0 Å². The third-order valence-electron chi connectivity index (χ3n) is 5.82. The van der Waals surface area contributed by atoms with E-state index in [2.05, 4.69) is 6.92 Å². The smallest absolute Gasteiger partial charge is 0.206 e. The van der Waals surface area contributed by atoms with Gasteiger partial charge in [-0.15, -0.1) is 0 Å². The minimum atomic E-state index is -2.20. The molecule has 0 aliphatic heterocycles. The first-order valence-electron chi connectivity index (χ1n) is 11.0. The molecule has 1 unspecified atom stereocenters. The van der Waals surface area contributed by atoms with E-state index in [0.717, 1.165) is 19.3 Å². The van der Waals surface area contributed by atoms with Gasteiger partial charge in [0.2, 0.25) is 29.1 Å². The molecule has 0 aliphatic rings. The maximum atomic E-state index is 13.7. The summed E-state index contributed by atoms with van der Waals surface area (Å²) in [6.07, 6.45) is 9.64. The number of unbranched alkanes of at least 4 members (excludes halogenated alkanes) is 6. The molecule has 1 aromatic carbocycles. The molecular weight excluding hydrogens is 419 g/mol. The highest BCUT2D eigenvalue weighted by Crippen LogP contribution is 2.32. The lowest BCUT2D eigenvalue weighted by Gasteiger charge is -2.35. The molecule has 0 amide bonds. The van der Waals surface area contributed by atoms with Gasteiger partial charge in [-0.1, -0.05) is 45.4 Å². The van der Waals surface area contributed by atoms with E-state index in [1.165, 1.54) is 25.7 Å². The number of hydrogen-bond donors (Lipinski definition) is 0. The van der Waals surface area contributed by atoms with Gasteiger partial charge in [0.05, 0.1) is 6.61 Å². The van der Waals surface area contributed by atoms with Crippen LogP contribution in [0.1, 0.15) is 78.1 Å². The fourth-order valence-corrected chi connectivity index (χ4v) is 3.63. The van der Waals surface area contributed by atoms with Gasteiger partial charge in [-0.25, -0.2) is 13.2 Å². The quantitative estimate of drug-likeness (QED) is 0.0862. The van der Waals surface area contributed by atoms with Gasteiger partial charge in [0.25, 0.3) is 0 Å². The highest BCUT2D eigenvalue weighted by Gasteiger charge is 2.33. The topological polar surface area (TPSA) is 27.7 Å². The first-order chi connectivity index (χ1) is 14.7. The minimum absolute atomic E-state index is 0.0999. The summed E-state index contributed by atoms with van der Waals surface area (Å²) in [4.78, 5) is 0. The van der Waals surface area contributed by atoms with Crippen molar-refractivity contribution in [3.63, 3.8) is 0 Å². The normalized spacial score (nSPS) is 12.9. The molecule has 0 spiro atoms. The highest BCUT2D eigenvalue weighted by molar-refractivity contribution is 5.29. The van der Waals surface area contributed by atoms with Crippen LogP contribution in [0.15, 0.2) is 0 Å². The van der Waals surface area contributed by atoms with E-state index in [-0.39, 0.29) is 12.5 Å². The Morgan fingerprint density at radius 2 is 1.13 bits per heavy atom. The lowest BCUT2D eigenvalue weighted by atomic mass is 9.88. The zero-order chi connectivity index (χ0) is 23.4. The Bertz CT molecular complexity index is 636. The van der Waals surface area contributed by atoms with Crippen LogP contribution in [0.2, 0.25) is 0 Å². The van der Waals surface area contributed by atoms with Crippen LogP contribution >= 0.6 is 0 Å². The SMILES string of the molecule is CCCCCCCCC(CCCCOc1c(F)c(F)c(F)c(F)c1F)C(C)(OC)OC. The molecule has 0 bridgehead atoms. The van der Waals surface area contributed by atoms with Gasteiger partial charge in [-0.05, 0) is 32.6 Å². The summed E-state index contributed by atoms with van der Waals surface area (Å²) in [6, 6.07) is 0. The molecule has 0 heterocycles. The summed E-state index contributed by atoms with van der Waals surface area (Å²) >= 11 is 0. The molecule has 1 rings (SSSR count). The molecule has 3 nitrogen and oxygen atoms in total. The average Bonchev–Trinajstić information content (AvgIpc) is 2.78. The summed E-state index contributed by atoms with van der Waals surface area (Å²) < 4.78 is 82.9. The second kappa shape index (κ2) is 13.9. The van der Waals surface area contributed by atoms with Crippen LogP contribution in [0.3, 0.4) is 0 Å². The van der Waals surface area contributed by atoms with Crippen molar-refractivity contribution in [2.24, 2.45) is 5.92 Å². The van der Waals surface area contributed by atoms with E-state index in [1.807, 2.05) is 6.92 Å². The van der Waals surface area contributed by atoms with Gasteiger partial charge in [0, 0.05) is 20.1 Å². The van der Waals surface area contributed by atoms with Gasteiger partial charge in [-0.2, -0.15) is 8.78 Å². The molecule has 8 heteroatoms. The van der Waals surface area contributed by atoms with Crippen LogP contribution in [-0.2, 0) is 9.47 Å². The molecule has 0 saturated carbocycles. The fraction of sp³-hybridized carbons (Fsp3) is 0.739. The fourth-order valence-electron chi connectivity index (χ4n) is 3.63. The maximum Gasteiger partial charge on any atom is 0.206 e. The number of halogens is 5. The van der Waals surface area contributed by atoms with E-state index in [1.54, 1.807) is 14.2 Å². The van der Waals surface area contributed by atoms with Crippen LogP contribution < -0.4 is 4.74 Å². The largest absolute Gasteiger partial charge is 0.487 e. The van der Waals surface area contributed by atoms with Crippen molar-refractivity contribution in [1.82, 2.24) is 0 Å². The number of methoxy groups -OCH3 is 2. The zero-order valence-electron chi connectivity index (χ0n) is 19.0. The molecule has 0 aliphatic carbocycles. The van der Waals surface area contributed by atoms with Crippen molar-refractivity contribution in [2.75, 3.05) is 20.8 Å². The van der Waals surface area contributed by atoms with Crippen LogP contribution in [0.4, 0.5) is 22.0 Å². The molecule has 0 radical (unpaired) electrons. The van der Waals surface area contributed by atoms with Crippen LogP contribution in [0, 0.1) is 35.0 Å². The lowest BCUT2D eigenvalue weighted by molar-refractivity contribution is -0.230. The van der Waals surface area contributed by atoms with Crippen molar-refractivity contribution in [3.05, 3.63) is 29.1 Å². The average molecular weight is 455 g/mol. The molecule has 0 fully saturated rings. The number of rotatable bonds is 16. The molecule has 0 aromatic heterocycles. The predicted molar refractivity (Wildman–Crippen MR) is 109 cm³/mol. The summed E-state index contributed by atoms with van der Waals surface area (Å²) in [5.41, 5.74) is 0. The van der Waals surface area contributed by atoms with Crippen molar-refractivity contribution in [2.45, 2.75) is 83.8 Å². The van der Waals surface area contributed by atoms with Gasteiger partial charge in [0.15, 0.2) is 11.5 Å². The standard InChI is InChI=1S/C23H35F5O3/c1-5-6-7-8-9-10-13-16(23(2,29-3)30-4)14-11-12-15-31-22-20(27)18(25)17(24)19(26)21(22)28/h16H,5-15H2,1-4H3. The molecule has 1 aromatic rings. The van der Waals surface area contributed by atoms with Crippen LogP contribution in [0.5, 0.6) is 5.75 Å². The molecular formula is C23H35F5O3. The van der Waals surface area contributed by atoms with E-state index in [4.69, 9.17) is 14.2 Å². The second-order valence-corrected chi connectivity index (χ2v) is 7.92. The number of ether oxygens (including phenoxy) is 3. The molecule has 1 atom stereocenters. The van der Waals surface area contributed by atoms with Gasteiger partial charge < -0.3 is 14.2 Å². The Morgan fingerprint density at radius 3 is 1.65 bits per heavy atom. The highest BCUT2D eigenvalue weighted by atomic mass is 19.2. The number of benzene rings is 1. The Hall–Kier alpha value is -1.41. The summed E-state index contributed by atoms with van der Waals surface area (Å²) in [5, 5.41) is 0. The minimum Gasteiger partial charge on any atom is -0.487 e. The maximum absolute atomic E-state index is 13.7. The summed E-state index contributed by atoms with van der Waals surface area (Å²) in [7, 11) is 3.17. The van der Waals surface area contributed by atoms with Crippen molar-refractivity contribution in [3.8, 4) is 5.75 Å². The Labute approximate surface area is 182 Å². The van der Waals surface area contributed by atoms with E-state index in [9.17, 15) is 22.0 Å². The van der Waals surface area contributed by atoms with Gasteiger partial charge in [0.1, 0.15) is 0 Å². The molecule has 31 heavy (non-hydrogen) atoms. The monoisotopic (exact) mass is 454 g/mol. The Morgan fingerprint density at radius 1 is 0.677 bits per heavy atom. The van der Waals surface area contributed by atoms with Crippen molar-refractivity contribution in [1.29, 1.82) is 0 Å². The van der Waals surface area contributed by atoms with Crippen molar-refractivity contribution < 1.29 is 36.2 Å². The summed E-state index contributed by atoms with van der Waals surface area (Å²) in [6.45, 7) is 3.88. The first-order valence-corrected chi connectivity index (χ1v) is 11.0. The zero-order valence-corrected chi connectivity index (χ0v) is 19.0. The van der Waals surface area contributed by atoms with E-state index >= 15 is 0 Å². The Kier molecular flexibility index (Phi) is 12.4. The Balaban J connectivity index is 2.56. The van der Waals surface area contributed by atoms with E-state index < -0.39 is 40.6 Å². The third-order valence-corrected chi connectivity index (χ3v) is 5.82. The van der Waals surface area contributed by atoms with Gasteiger partial charge in [-0.3, -0.25) is 0 Å². The molecule has 0 N–H and O–H groups in total. The first kappa shape index (κ1) is 27.6. The third kappa shape index (κ3) is 7.90. The summed E-state index contributed by atoms with van der Waals surface area (Å²) in [5.74, 6) is -12.0. The number of hydrogen-bond acceptors (Lipinski definition) is 3. The molecule has 0 saturated heterocycles.